The second kappa shape index (κ2) is 13.5. The van der Waals surface area contributed by atoms with E-state index in [1.54, 1.807) is 38.2 Å². The Kier molecular flexibility index (Phi) is 10.1. The molecule has 2 aromatic rings. The first kappa shape index (κ1) is 28.5. The van der Waals surface area contributed by atoms with Crippen molar-refractivity contribution in [2.75, 3.05) is 40.4 Å². The second-order valence-electron chi connectivity index (χ2n) is 9.14. The highest BCUT2D eigenvalue weighted by molar-refractivity contribution is 5.90. The van der Waals surface area contributed by atoms with Gasteiger partial charge >= 0.3 is 6.03 Å². The SMILES string of the molecule is C#CCOCCN(C)C(=O)[C@H](Cc1ccc(O)cc1)N1C(=O)CN(C)N(C(=O)NCc2ccccc2)[C@H]1C. The Bertz CT molecular complexity index is 1130. The summed E-state index contributed by atoms with van der Waals surface area (Å²) >= 11 is 0. The van der Waals surface area contributed by atoms with E-state index in [0.29, 0.717) is 6.54 Å². The minimum atomic E-state index is -0.891. The fourth-order valence-corrected chi connectivity index (χ4v) is 4.44. The van der Waals surface area contributed by atoms with Crippen molar-refractivity contribution in [1.29, 1.82) is 0 Å². The van der Waals surface area contributed by atoms with Crippen LogP contribution in [0.15, 0.2) is 54.6 Å². The highest BCUT2D eigenvalue weighted by Gasteiger charge is 2.43. The Hall–Kier alpha value is -4.07. The molecule has 0 saturated carbocycles. The normalized spacial score (nSPS) is 16.6. The predicted octanol–water partition coefficient (Wildman–Crippen LogP) is 1.66. The molecule has 1 saturated heterocycles. The number of carbonyl (C=O) groups is 3. The lowest BCUT2D eigenvalue weighted by Gasteiger charge is -2.49. The van der Waals surface area contributed by atoms with Gasteiger partial charge in [0.15, 0.2) is 0 Å². The summed E-state index contributed by atoms with van der Waals surface area (Å²) < 4.78 is 5.32. The lowest BCUT2D eigenvalue weighted by Crippen LogP contribution is -2.70. The number of likely N-dealkylation sites (N-methyl/N-ethyl adjacent to an activating group) is 2. The molecule has 0 spiro atoms. The van der Waals surface area contributed by atoms with Crippen molar-refractivity contribution in [1.82, 2.24) is 25.1 Å². The number of rotatable bonds is 10. The number of benzene rings is 2. The summed E-state index contributed by atoms with van der Waals surface area (Å²) in [6.07, 6.45) is 4.68. The van der Waals surface area contributed by atoms with E-state index in [-0.39, 0.29) is 56.3 Å². The summed E-state index contributed by atoms with van der Waals surface area (Å²) in [5, 5.41) is 15.6. The zero-order chi connectivity index (χ0) is 27.7. The molecule has 202 valence electrons. The van der Waals surface area contributed by atoms with E-state index in [4.69, 9.17) is 11.2 Å². The number of hydrazine groups is 1. The molecule has 2 aromatic carbocycles. The van der Waals surface area contributed by atoms with Crippen molar-refractivity contribution >= 4 is 17.8 Å². The third-order valence-electron chi connectivity index (χ3n) is 6.39. The number of phenols is 1. The van der Waals surface area contributed by atoms with Crippen LogP contribution in [0, 0.1) is 12.3 Å². The molecule has 1 aliphatic rings. The molecule has 1 heterocycles. The van der Waals surface area contributed by atoms with Crippen LogP contribution in [0.1, 0.15) is 18.1 Å². The van der Waals surface area contributed by atoms with Gasteiger partial charge in [-0.3, -0.25) is 9.59 Å². The van der Waals surface area contributed by atoms with Crippen LogP contribution in [0.4, 0.5) is 4.79 Å². The third kappa shape index (κ3) is 7.25. The van der Waals surface area contributed by atoms with Crippen molar-refractivity contribution in [3.05, 3.63) is 65.7 Å². The summed E-state index contributed by atoms with van der Waals surface area (Å²) in [5.74, 6) is 1.92. The number of hydrogen-bond acceptors (Lipinski definition) is 6. The number of hydrogen-bond donors (Lipinski definition) is 2. The first-order valence-electron chi connectivity index (χ1n) is 12.4. The van der Waals surface area contributed by atoms with Crippen molar-refractivity contribution in [2.24, 2.45) is 0 Å². The molecule has 2 atom stereocenters. The molecule has 10 nitrogen and oxygen atoms in total. The molecule has 10 heteroatoms. The monoisotopic (exact) mass is 521 g/mol. The lowest BCUT2D eigenvalue weighted by molar-refractivity contribution is -0.171. The first-order chi connectivity index (χ1) is 18.2. The quantitative estimate of drug-likeness (QED) is 0.364. The lowest BCUT2D eigenvalue weighted by atomic mass is 10.0. The van der Waals surface area contributed by atoms with Crippen LogP contribution in [0.2, 0.25) is 0 Å². The van der Waals surface area contributed by atoms with Gasteiger partial charge in [0.05, 0.1) is 13.2 Å². The van der Waals surface area contributed by atoms with Gasteiger partial charge in [0, 0.05) is 33.6 Å². The maximum absolute atomic E-state index is 13.7. The fourth-order valence-electron chi connectivity index (χ4n) is 4.44. The third-order valence-corrected chi connectivity index (χ3v) is 6.39. The van der Waals surface area contributed by atoms with Crippen molar-refractivity contribution in [3.63, 3.8) is 0 Å². The molecule has 1 aliphatic heterocycles. The maximum Gasteiger partial charge on any atom is 0.334 e. The highest BCUT2D eigenvalue weighted by atomic mass is 16.5. The molecule has 38 heavy (non-hydrogen) atoms. The standard InChI is InChI=1S/C28H35N5O5/c1-5-16-38-17-15-30(3)27(36)25(18-22-11-13-24(34)14-12-22)32-21(2)33(31(4)20-26(32)35)28(37)29-19-23-9-7-6-8-10-23/h1,6-14,21,25,34H,15-20H2,2-4H3,(H,29,37)/t21-,25-/m0/s1. The Morgan fingerprint density at radius 1 is 1.18 bits per heavy atom. The number of phenolic OH excluding ortho intramolecular Hbond substituents is 1. The zero-order valence-electron chi connectivity index (χ0n) is 22.0. The molecule has 0 unspecified atom stereocenters. The number of urea groups is 1. The molecule has 2 N–H and O–H groups in total. The van der Waals surface area contributed by atoms with E-state index in [1.807, 2.05) is 30.3 Å². The van der Waals surface area contributed by atoms with Crippen LogP contribution in [0.25, 0.3) is 0 Å². The van der Waals surface area contributed by atoms with Crippen molar-refractivity contribution in [3.8, 4) is 18.1 Å². The summed E-state index contributed by atoms with van der Waals surface area (Å²) in [6, 6.07) is 14.7. The Labute approximate surface area is 223 Å². The zero-order valence-corrected chi connectivity index (χ0v) is 22.0. The van der Waals surface area contributed by atoms with E-state index in [9.17, 15) is 19.5 Å². The number of terminal acetylenes is 1. The fraction of sp³-hybridized carbons (Fsp3) is 0.393. The van der Waals surface area contributed by atoms with Crippen LogP contribution in [-0.4, -0.2) is 95.4 Å². The van der Waals surface area contributed by atoms with Gasteiger partial charge in [-0.1, -0.05) is 48.4 Å². The summed E-state index contributed by atoms with van der Waals surface area (Å²) in [5.41, 5.74) is 1.70. The van der Waals surface area contributed by atoms with Gasteiger partial charge in [-0.25, -0.2) is 14.8 Å². The topological polar surface area (TPSA) is 106 Å². The number of carbonyl (C=O) groups excluding carboxylic acids is 3. The van der Waals surface area contributed by atoms with Gasteiger partial charge in [0.2, 0.25) is 11.8 Å². The second-order valence-corrected chi connectivity index (χ2v) is 9.14. The van der Waals surface area contributed by atoms with Crippen molar-refractivity contribution < 1.29 is 24.2 Å². The van der Waals surface area contributed by atoms with E-state index < -0.39 is 12.2 Å². The average Bonchev–Trinajstić information content (AvgIpc) is 2.90. The van der Waals surface area contributed by atoms with E-state index in [2.05, 4.69) is 11.2 Å². The van der Waals surface area contributed by atoms with Crippen molar-refractivity contribution in [2.45, 2.75) is 32.1 Å². The highest BCUT2D eigenvalue weighted by Crippen LogP contribution is 2.23. The summed E-state index contributed by atoms with van der Waals surface area (Å²) in [7, 11) is 3.31. The van der Waals surface area contributed by atoms with Gasteiger partial charge in [-0.2, -0.15) is 0 Å². The number of nitrogens with one attached hydrogen (secondary N) is 1. The number of aromatic hydroxyl groups is 1. The van der Waals surface area contributed by atoms with Crippen LogP contribution < -0.4 is 5.32 Å². The molecule has 0 aliphatic carbocycles. The average molecular weight is 522 g/mol. The molecule has 0 bridgehead atoms. The molecule has 3 rings (SSSR count). The van der Waals surface area contributed by atoms with Crippen LogP contribution in [0.3, 0.4) is 0 Å². The van der Waals surface area contributed by atoms with E-state index in [0.717, 1.165) is 11.1 Å². The first-order valence-corrected chi connectivity index (χ1v) is 12.4. The van der Waals surface area contributed by atoms with Gasteiger partial charge in [0.1, 0.15) is 24.6 Å². The Balaban J connectivity index is 1.83. The van der Waals surface area contributed by atoms with E-state index >= 15 is 0 Å². The number of nitrogens with zero attached hydrogens (tertiary/aromatic N) is 4. The smallest absolute Gasteiger partial charge is 0.334 e. The Morgan fingerprint density at radius 3 is 2.53 bits per heavy atom. The largest absolute Gasteiger partial charge is 0.508 e. The molecule has 1 fully saturated rings. The van der Waals surface area contributed by atoms with Gasteiger partial charge < -0.3 is 25.0 Å². The van der Waals surface area contributed by atoms with Gasteiger partial charge in [-0.15, -0.1) is 6.42 Å². The molecule has 0 aromatic heterocycles. The predicted molar refractivity (Wildman–Crippen MR) is 142 cm³/mol. The minimum Gasteiger partial charge on any atom is -0.508 e. The Morgan fingerprint density at radius 2 is 1.87 bits per heavy atom. The molecule has 4 amide bonds. The maximum atomic E-state index is 13.7. The van der Waals surface area contributed by atoms with Crippen LogP contribution in [0.5, 0.6) is 5.75 Å². The molecular weight excluding hydrogens is 486 g/mol. The van der Waals surface area contributed by atoms with Crippen LogP contribution in [-0.2, 0) is 27.3 Å². The van der Waals surface area contributed by atoms with E-state index in [1.165, 1.54) is 26.9 Å². The minimum absolute atomic E-state index is 0.0720. The molecule has 0 radical (unpaired) electrons. The van der Waals surface area contributed by atoms with Crippen LogP contribution >= 0.6 is 0 Å². The summed E-state index contributed by atoms with van der Waals surface area (Å²) in [6.45, 7) is 2.64. The van der Waals surface area contributed by atoms with Gasteiger partial charge in [-0.05, 0) is 30.2 Å². The number of ether oxygens (including phenoxy) is 1. The van der Waals surface area contributed by atoms with Gasteiger partial charge in [0.25, 0.3) is 0 Å². The number of amides is 4. The molecular formula is C28H35N5O5. The summed E-state index contributed by atoms with van der Waals surface area (Å²) in [4.78, 5) is 43.3.